The molecule has 0 nitrogen and oxygen atoms in total. The van der Waals surface area contributed by atoms with Crippen LogP contribution in [0.2, 0.25) is 0 Å². The molecule has 0 aliphatic rings. The van der Waals surface area contributed by atoms with Crippen LogP contribution in [0.4, 0.5) is 0 Å². The van der Waals surface area contributed by atoms with Crippen LogP contribution < -0.4 is 0 Å². The van der Waals surface area contributed by atoms with Gasteiger partial charge >= 0.3 is 0 Å². The standard InChI is InChI=1S/C46H28S/c1-3-16-32-29(12-1)14-9-22-36(32)44-38-19-5-6-20-39(38)45(37-23-10-15-30-13-2-4-17-33(30)37)42-28-31(26-27-40(42)44)34-21-11-24-41-35-18-7-8-25-43(35)47-46(34)41/h1-28H. The Morgan fingerprint density at radius 1 is 0.298 bits per heavy atom. The summed E-state index contributed by atoms with van der Waals surface area (Å²) < 4.78 is 2.67. The van der Waals surface area contributed by atoms with E-state index in [4.69, 9.17) is 0 Å². The second-order valence-electron chi connectivity index (χ2n) is 12.4. The van der Waals surface area contributed by atoms with Crippen LogP contribution in [-0.2, 0) is 0 Å². The third kappa shape index (κ3) is 4.00. The van der Waals surface area contributed by atoms with Gasteiger partial charge in [-0.3, -0.25) is 0 Å². The molecule has 0 N–H and O–H groups in total. The van der Waals surface area contributed by atoms with Crippen molar-refractivity contribution in [2.24, 2.45) is 0 Å². The molecule has 218 valence electrons. The number of thiophene rings is 1. The van der Waals surface area contributed by atoms with E-state index in [9.17, 15) is 0 Å². The topological polar surface area (TPSA) is 0 Å². The van der Waals surface area contributed by atoms with E-state index >= 15 is 0 Å². The lowest BCUT2D eigenvalue weighted by molar-refractivity contribution is 1.67. The van der Waals surface area contributed by atoms with Crippen molar-refractivity contribution >= 4 is 74.6 Å². The molecule has 0 amide bonds. The maximum Gasteiger partial charge on any atom is 0.0433 e. The summed E-state index contributed by atoms with van der Waals surface area (Å²) in [5.41, 5.74) is 7.66. The zero-order chi connectivity index (χ0) is 30.9. The first-order chi connectivity index (χ1) is 23.3. The first-order valence-corrected chi connectivity index (χ1v) is 17.0. The van der Waals surface area contributed by atoms with Crippen LogP contribution in [0, 0.1) is 0 Å². The van der Waals surface area contributed by atoms with Crippen molar-refractivity contribution < 1.29 is 0 Å². The summed E-state index contributed by atoms with van der Waals surface area (Å²) in [5, 5.41) is 12.8. The van der Waals surface area contributed by atoms with Crippen molar-refractivity contribution in [1.82, 2.24) is 0 Å². The van der Waals surface area contributed by atoms with Crippen LogP contribution in [0.5, 0.6) is 0 Å². The first kappa shape index (κ1) is 26.5. The van der Waals surface area contributed by atoms with Crippen molar-refractivity contribution in [3.63, 3.8) is 0 Å². The number of hydrogen-bond acceptors (Lipinski definition) is 1. The lowest BCUT2D eigenvalue weighted by Crippen LogP contribution is -1.93. The SMILES string of the molecule is c1ccc2c(-c3c4ccccc4c(-c4cccc5ccccc45)c4cc(-c5cccc6c5sc5ccccc56)ccc34)cccc2c1. The van der Waals surface area contributed by atoms with Gasteiger partial charge in [0, 0.05) is 20.2 Å². The average Bonchev–Trinajstić information content (AvgIpc) is 3.52. The number of benzene rings is 9. The molecule has 10 aromatic rings. The predicted octanol–water partition coefficient (Wildman–Crippen LogP) is 13.7. The molecule has 1 heterocycles. The summed E-state index contributed by atoms with van der Waals surface area (Å²) in [6.07, 6.45) is 0. The maximum absolute atomic E-state index is 2.46. The van der Waals surface area contributed by atoms with Crippen LogP contribution in [0.3, 0.4) is 0 Å². The zero-order valence-electron chi connectivity index (χ0n) is 25.6. The Hall–Kier alpha value is -5.76. The molecular weight excluding hydrogens is 585 g/mol. The Balaban J connectivity index is 1.38. The van der Waals surface area contributed by atoms with Crippen LogP contribution in [0.25, 0.3) is 96.6 Å². The van der Waals surface area contributed by atoms with Crippen molar-refractivity contribution in [2.75, 3.05) is 0 Å². The minimum atomic E-state index is 1.25. The van der Waals surface area contributed by atoms with Crippen molar-refractivity contribution in [2.45, 2.75) is 0 Å². The van der Waals surface area contributed by atoms with E-state index in [1.165, 1.54) is 96.6 Å². The number of hydrogen-bond donors (Lipinski definition) is 0. The molecule has 47 heavy (non-hydrogen) atoms. The second kappa shape index (κ2) is 10.4. The Kier molecular flexibility index (Phi) is 5.85. The lowest BCUT2D eigenvalue weighted by Gasteiger charge is -2.20. The third-order valence-corrected chi connectivity index (χ3v) is 11.1. The smallest absolute Gasteiger partial charge is 0.0433 e. The molecule has 0 atom stereocenters. The summed E-state index contributed by atoms with van der Waals surface area (Å²) >= 11 is 1.89. The van der Waals surface area contributed by atoms with Gasteiger partial charge in [-0.15, -0.1) is 11.3 Å². The molecular formula is C46H28S. The highest BCUT2D eigenvalue weighted by Crippen LogP contribution is 2.48. The van der Waals surface area contributed by atoms with Crippen LogP contribution in [0.1, 0.15) is 0 Å². The minimum Gasteiger partial charge on any atom is -0.135 e. The number of rotatable bonds is 3. The van der Waals surface area contributed by atoms with E-state index in [1.54, 1.807) is 0 Å². The molecule has 0 radical (unpaired) electrons. The fourth-order valence-electron chi connectivity index (χ4n) is 7.79. The van der Waals surface area contributed by atoms with E-state index < -0.39 is 0 Å². The van der Waals surface area contributed by atoms with Gasteiger partial charge in [-0.1, -0.05) is 158 Å². The van der Waals surface area contributed by atoms with E-state index in [-0.39, 0.29) is 0 Å². The predicted molar refractivity (Wildman–Crippen MR) is 206 cm³/mol. The minimum absolute atomic E-state index is 1.25. The quantitative estimate of drug-likeness (QED) is 0.174. The molecule has 0 bridgehead atoms. The normalized spacial score (nSPS) is 11.8. The Labute approximate surface area is 276 Å². The van der Waals surface area contributed by atoms with Crippen LogP contribution >= 0.6 is 11.3 Å². The summed E-state index contributed by atoms with van der Waals surface area (Å²) in [4.78, 5) is 0. The first-order valence-electron chi connectivity index (χ1n) is 16.2. The van der Waals surface area contributed by atoms with Crippen LogP contribution in [0.15, 0.2) is 170 Å². The molecule has 0 aliphatic carbocycles. The third-order valence-electron chi connectivity index (χ3n) is 9.86. The molecule has 1 aromatic heterocycles. The molecule has 10 rings (SSSR count). The van der Waals surface area contributed by atoms with Gasteiger partial charge < -0.3 is 0 Å². The van der Waals surface area contributed by atoms with Gasteiger partial charge in [0.05, 0.1) is 0 Å². The maximum atomic E-state index is 2.46. The van der Waals surface area contributed by atoms with Crippen molar-refractivity contribution in [3.05, 3.63) is 170 Å². The highest BCUT2D eigenvalue weighted by atomic mass is 32.1. The fraction of sp³-hybridized carbons (Fsp3) is 0. The molecule has 0 spiro atoms. The Morgan fingerprint density at radius 3 is 1.45 bits per heavy atom. The van der Waals surface area contributed by atoms with E-state index in [0.717, 1.165) is 0 Å². The molecule has 1 heteroatoms. The number of fused-ring (bicyclic) bond motifs is 7. The van der Waals surface area contributed by atoms with E-state index in [0.29, 0.717) is 0 Å². The van der Waals surface area contributed by atoms with E-state index in [2.05, 4.69) is 170 Å². The van der Waals surface area contributed by atoms with E-state index in [1.807, 2.05) is 11.3 Å². The Bertz CT molecular complexity index is 2840. The van der Waals surface area contributed by atoms with Crippen molar-refractivity contribution in [3.8, 4) is 33.4 Å². The molecule has 0 saturated carbocycles. The summed E-state index contributed by atoms with van der Waals surface area (Å²) in [6, 6.07) is 62.8. The average molecular weight is 613 g/mol. The van der Waals surface area contributed by atoms with Crippen LogP contribution in [-0.4, -0.2) is 0 Å². The highest BCUT2D eigenvalue weighted by Gasteiger charge is 2.20. The highest BCUT2D eigenvalue weighted by molar-refractivity contribution is 7.26. The summed E-state index contributed by atoms with van der Waals surface area (Å²) in [6.45, 7) is 0. The molecule has 9 aromatic carbocycles. The van der Waals surface area contributed by atoms with Crippen molar-refractivity contribution in [1.29, 1.82) is 0 Å². The summed E-state index contributed by atoms with van der Waals surface area (Å²) in [7, 11) is 0. The second-order valence-corrected chi connectivity index (χ2v) is 13.4. The van der Waals surface area contributed by atoms with Gasteiger partial charge in [0.2, 0.25) is 0 Å². The van der Waals surface area contributed by atoms with Gasteiger partial charge in [-0.25, -0.2) is 0 Å². The summed E-state index contributed by atoms with van der Waals surface area (Å²) in [5.74, 6) is 0. The lowest BCUT2D eigenvalue weighted by atomic mass is 9.83. The molecule has 0 saturated heterocycles. The monoisotopic (exact) mass is 612 g/mol. The fourth-order valence-corrected chi connectivity index (χ4v) is 9.03. The van der Waals surface area contributed by atoms with Gasteiger partial charge in [0.25, 0.3) is 0 Å². The molecule has 0 fully saturated rings. The molecule has 0 unspecified atom stereocenters. The van der Waals surface area contributed by atoms with Gasteiger partial charge in [0.1, 0.15) is 0 Å². The largest absolute Gasteiger partial charge is 0.135 e. The van der Waals surface area contributed by atoms with Gasteiger partial charge in [0.15, 0.2) is 0 Å². The molecule has 0 aliphatic heterocycles. The van der Waals surface area contributed by atoms with Gasteiger partial charge in [-0.05, 0) is 88.6 Å². The van der Waals surface area contributed by atoms with Gasteiger partial charge in [-0.2, -0.15) is 0 Å². The zero-order valence-corrected chi connectivity index (χ0v) is 26.4. The Morgan fingerprint density at radius 2 is 0.766 bits per heavy atom.